The highest BCUT2D eigenvalue weighted by Gasteiger charge is 2.23. The molecule has 1 unspecified atom stereocenters. The number of halogens is 1. The molecule has 0 fully saturated rings. The lowest BCUT2D eigenvalue weighted by atomic mass is 10.0. The molecule has 80 valence electrons. The molecule has 1 N–H and O–H groups in total. The van der Waals surface area contributed by atoms with Gasteiger partial charge in [-0.3, -0.25) is 4.98 Å². The van der Waals surface area contributed by atoms with Crippen molar-refractivity contribution in [1.29, 1.82) is 0 Å². The van der Waals surface area contributed by atoms with Gasteiger partial charge in [-0.25, -0.2) is 0 Å². The van der Waals surface area contributed by atoms with E-state index in [-0.39, 0.29) is 0 Å². The van der Waals surface area contributed by atoms with Gasteiger partial charge in [-0.15, -0.1) is 0 Å². The molecule has 1 atom stereocenters. The largest absolute Gasteiger partial charge is 0.378 e. The van der Waals surface area contributed by atoms with Gasteiger partial charge < -0.3 is 5.32 Å². The number of anilines is 1. The highest BCUT2D eigenvalue weighted by molar-refractivity contribution is 6.31. The first-order chi connectivity index (χ1) is 7.84. The van der Waals surface area contributed by atoms with Crippen LogP contribution >= 0.6 is 11.6 Å². The first kappa shape index (κ1) is 9.67. The van der Waals surface area contributed by atoms with Gasteiger partial charge in [-0.2, -0.15) is 0 Å². The summed E-state index contributed by atoms with van der Waals surface area (Å²) in [5, 5.41) is 4.31. The molecule has 3 heteroatoms. The Morgan fingerprint density at radius 2 is 2.19 bits per heavy atom. The fourth-order valence-electron chi connectivity index (χ4n) is 2.13. The molecule has 0 radical (unpaired) electrons. The van der Waals surface area contributed by atoms with Gasteiger partial charge in [0.15, 0.2) is 0 Å². The topological polar surface area (TPSA) is 24.9 Å². The lowest BCUT2D eigenvalue weighted by molar-refractivity contribution is 0.818. The average Bonchev–Trinajstić information content (AvgIpc) is 2.76. The number of rotatable bonds is 1. The van der Waals surface area contributed by atoms with Crippen molar-refractivity contribution in [1.82, 2.24) is 4.98 Å². The predicted molar refractivity (Wildman–Crippen MR) is 65.8 cm³/mol. The summed E-state index contributed by atoms with van der Waals surface area (Å²) in [5.41, 5.74) is 3.55. The summed E-state index contributed by atoms with van der Waals surface area (Å²) >= 11 is 6.17. The molecule has 1 aliphatic rings. The molecule has 0 saturated heterocycles. The van der Waals surface area contributed by atoms with E-state index >= 15 is 0 Å². The monoisotopic (exact) mass is 230 g/mol. The Morgan fingerprint density at radius 3 is 2.94 bits per heavy atom. The number of nitrogens with one attached hydrogen (secondary N) is 1. The van der Waals surface area contributed by atoms with E-state index in [2.05, 4.69) is 22.4 Å². The van der Waals surface area contributed by atoms with Gasteiger partial charge >= 0.3 is 0 Å². The summed E-state index contributed by atoms with van der Waals surface area (Å²) in [6.07, 6.45) is 4.62. The van der Waals surface area contributed by atoms with Crippen LogP contribution in [0.25, 0.3) is 0 Å². The minimum atomic E-state index is 0.295. The minimum Gasteiger partial charge on any atom is -0.378 e. The van der Waals surface area contributed by atoms with E-state index in [0.717, 1.165) is 17.1 Å². The zero-order chi connectivity index (χ0) is 11.0. The molecule has 1 aliphatic heterocycles. The summed E-state index contributed by atoms with van der Waals surface area (Å²) in [7, 11) is 0. The van der Waals surface area contributed by atoms with Gasteiger partial charge in [0.25, 0.3) is 0 Å². The summed E-state index contributed by atoms with van der Waals surface area (Å²) in [5.74, 6) is 0. The van der Waals surface area contributed by atoms with Crippen LogP contribution in [0, 0.1) is 0 Å². The molecule has 1 aromatic carbocycles. The molecule has 0 amide bonds. The number of hydrogen-bond acceptors (Lipinski definition) is 2. The number of hydrogen-bond donors (Lipinski definition) is 1. The fourth-order valence-corrected chi connectivity index (χ4v) is 2.38. The van der Waals surface area contributed by atoms with Crippen molar-refractivity contribution in [2.45, 2.75) is 12.5 Å². The van der Waals surface area contributed by atoms with Gasteiger partial charge in [0.2, 0.25) is 0 Å². The standard InChI is InChI=1S/C13H11ClN2/c14-11-4-1-5-12-10(11)7-13(16-12)9-3-2-6-15-8-9/h1-6,8,13,16H,7H2. The first-order valence-corrected chi connectivity index (χ1v) is 5.66. The Bertz CT molecular complexity index is 511. The zero-order valence-corrected chi connectivity index (χ0v) is 9.41. The van der Waals surface area contributed by atoms with Crippen LogP contribution in [0.4, 0.5) is 5.69 Å². The third-order valence-corrected chi connectivity index (χ3v) is 3.30. The van der Waals surface area contributed by atoms with Gasteiger partial charge in [0.1, 0.15) is 0 Å². The van der Waals surface area contributed by atoms with Crippen LogP contribution in [0.2, 0.25) is 5.02 Å². The summed E-state index contributed by atoms with van der Waals surface area (Å²) in [4.78, 5) is 4.14. The molecule has 16 heavy (non-hydrogen) atoms. The van der Waals surface area contributed by atoms with Crippen LogP contribution in [0.5, 0.6) is 0 Å². The molecule has 0 saturated carbocycles. The lowest BCUT2D eigenvalue weighted by Crippen LogP contribution is -2.05. The maximum atomic E-state index is 6.17. The van der Waals surface area contributed by atoms with Crippen molar-refractivity contribution in [3.63, 3.8) is 0 Å². The summed E-state index contributed by atoms with van der Waals surface area (Å²) in [6.45, 7) is 0. The van der Waals surface area contributed by atoms with Gasteiger partial charge in [-0.1, -0.05) is 23.7 Å². The van der Waals surface area contributed by atoms with Crippen molar-refractivity contribution >= 4 is 17.3 Å². The number of aromatic nitrogens is 1. The van der Waals surface area contributed by atoms with E-state index in [1.165, 1.54) is 11.1 Å². The SMILES string of the molecule is Clc1cccc2c1CC(c1cccnc1)N2. The third kappa shape index (κ3) is 1.55. The maximum absolute atomic E-state index is 6.17. The van der Waals surface area contributed by atoms with Crippen LogP contribution in [0.3, 0.4) is 0 Å². The van der Waals surface area contributed by atoms with E-state index in [9.17, 15) is 0 Å². The fraction of sp³-hybridized carbons (Fsp3) is 0.154. The quantitative estimate of drug-likeness (QED) is 0.812. The highest BCUT2D eigenvalue weighted by Crippen LogP contribution is 2.37. The second-order valence-electron chi connectivity index (χ2n) is 3.95. The van der Waals surface area contributed by atoms with E-state index in [0.29, 0.717) is 6.04 Å². The van der Waals surface area contributed by atoms with Crippen molar-refractivity contribution in [3.8, 4) is 0 Å². The molecular formula is C13H11ClN2. The van der Waals surface area contributed by atoms with Gasteiger partial charge in [-0.05, 0) is 29.3 Å². The molecule has 1 aromatic heterocycles. The minimum absolute atomic E-state index is 0.295. The maximum Gasteiger partial charge on any atom is 0.0570 e. The second kappa shape index (κ2) is 3.80. The molecule has 0 spiro atoms. The summed E-state index contributed by atoms with van der Waals surface area (Å²) < 4.78 is 0. The van der Waals surface area contributed by atoms with E-state index < -0.39 is 0 Å². The number of fused-ring (bicyclic) bond motifs is 1. The average molecular weight is 231 g/mol. The molecular weight excluding hydrogens is 220 g/mol. The predicted octanol–water partition coefficient (Wildman–Crippen LogP) is 3.44. The Morgan fingerprint density at radius 1 is 1.25 bits per heavy atom. The Kier molecular flexibility index (Phi) is 2.29. The second-order valence-corrected chi connectivity index (χ2v) is 4.36. The number of benzene rings is 1. The van der Waals surface area contributed by atoms with Crippen LogP contribution in [-0.2, 0) is 6.42 Å². The van der Waals surface area contributed by atoms with Crippen LogP contribution < -0.4 is 5.32 Å². The van der Waals surface area contributed by atoms with Crippen LogP contribution in [0.1, 0.15) is 17.2 Å². The van der Waals surface area contributed by atoms with Gasteiger partial charge in [0, 0.05) is 29.5 Å². The zero-order valence-electron chi connectivity index (χ0n) is 8.65. The van der Waals surface area contributed by atoms with Crippen molar-refractivity contribution < 1.29 is 0 Å². The molecule has 2 heterocycles. The van der Waals surface area contributed by atoms with E-state index in [1.807, 2.05) is 24.4 Å². The van der Waals surface area contributed by atoms with E-state index in [4.69, 9.17) is 11.6 Å². The third-order valence-electron chi connectivity index (χ3n) is 2.94. The molecule has 0 bridgehead atoms. The van der Waals surface area contributed by atoms with Crippen molar-refractivity contribution in [2.24, 2.45) is 0 Å². The smallest absolute Gasteiger partial charge is 0.0570 e. The normalized spacial score (nSPS) is 17.9. The van der Waals surface area contributed by atoms with E-state index in [1.54, 1.807) is 6.20 Å². The van der Waals surface area contributed by atoms with Crippen LogP contribution in [-0.4, -0.2) is 4.98 Å². The van der Waals surface area contributed by atoms with Gasteiger partial charge in [0.05, 0.1) is 6.04 Å². The number of pyridine rings is 1. The molecule has 0 aliphatic carbocycles. The Hall–Kier alpha value is -1.54. The van der Waals surface area contributed by atoms with Crippen LogP contribution in [0.15, 0.2) is 42.7 Å². The lowest BCUT2D eigenvalue weighted by Gasteiger charge is -2.10. The summed E-state index contributed by atoms with van der Waals surface area (Å²) in [6, 6.07) is 10.3. The number of nitrogens with zero attached hydrogens (tertiary/aromatic N) is 1. The first-order valence-electron chi connectivity index (χ1n) is 5.28. The van der Waals surface area contributed by atoms with Crippen molar-refractivity contribution in [2.75, 3.05) is 5.32 Å². The highest BCUT2D eigenvalue weighted by atomic mass is 35.5. The molecule has 2 nitrogen and oxygen atoms in total. The Balaban J connectivity index is 1.94. The van der Waals surface area contributed by atoms with Crippen molar-refractivity contribution in [3.05, 3.63) is 58.9 Å². The molecule has 3 rings (SSSR count). The molecule has 2 aromatic rings. The Labute approximate surface area is 99.3 Å².